The fourth-order valence-corrected chi connectivity index (χ4v) is 2.63. The van der Waals surface area contributed by atoms with Gasteiger partial charge in [-0.15, -0.1) is 0 Å². The van der Waals surface area contributed by atoms with Crippen LogP contribution in [0.5, 0.6) is 11.5 Å². The molecule has 0 amide bonds. The van der Waals surface area contributed by atoms with Crippen molar-refractivity contribution >= 4 is 5.97 Å². The fourth-order valence-electron chi connectivity index (χ4n) is 2.63. The third kappa shape index (κ3) is 6.22. The van der Waals surface area contributed by atoms with E-state index in [1.54, 1.807) is 38.4 Å². The quantitative estimate of drug-likeness (QED) is 0.510. The number of aliphatic carboxylic acids is 1. The number of hydrogen-bond donors (Lipinski definition) is 1. The lowest BCUT2D eigenvalue weighted by Gasteiger charge is -2.24. The lowest BCUT2D eigenvalue weighted by molar-refractivity contribution is -0.154. The van der Waals surface area contributed by atoms with Gasteiger partial charge in [0.15, 0.2) is 11.6 Å². The Bertz CT molecular complexity index is 731. The second-order valence-corrected chi connectivity index (χ2v) is 7.02. The Balaban J connectivity index is 1.90. The first kappa shape index (κ1) is 21.7. The highest BCUT2D eigenvalue weighted by atomic mass is 16.5. The molecular formula is C22H30N2O4. The van der Waals surface area contributed by atoms with E-state index in [1.807, 2.05) is 12.1 Å². The van der Waals surface area contributed by atoms with Crippen molar-refractivity contribution in [3.8, 4) is 22.9 Å². The topological polar surface area (TPSA) is 81.5 Å². The number of hydrogen-bond acceptors (Lipinski definition) is 5. The number of unbranched alkanes of at least 4 members (excludes halogenated alkanes) is 4. The standard InChI is InChI=1S/C22H30N2O4/c1-4-6-7-8-9-14-27-19-15-23-20(24-16-19)17-10-12-18(13-11-17)28-22(3,5-2)21(25)26/h10-13,15-16H,4-9,14H2,1-3H3,(H,25,26). The van der Waals surface area contributed by atoms with Crippen LogP contribution in [-0.2, 0) is 4.79 Å². The minimum atomic E-state index is -1.24. The van der Waals surface area contributed by atoms with Crippen LogP contribution in [0.15, 0.2) is 36.7 Å². The van der Waals surface area contributed by atoms with Gasteiger partial charge in [-0.2, -0.15) is 0 Å². The third-order valence-corrected chi connectivity index (χ3v) is 4.73. The minimum absolute atomic E-state index is 0.368. The number of benzene rings is 1. The van der Waals surface area contributed by atoms with E-state index >= 15 is 0 Å². The molecule has 2 rings (SSSR count). The molecule has 0 aliphatic heterocycles. The highest BCUT2D eigenvalue weighted by molar-refractivity contribution is 5.77. The Hall–Kier alpha value is -2.63. The number of carboxylic acid groups (broad SMARTS) is 1. The monoisotopic (exact) mass is 386 g/mol. The van der Waals surface area contributed by atoms with Crippen LogP contribution in [-0.4, -0.2) is 33.3 Å². The van der Waals surface area contributed by atoms with Crippen molar-refractivity contribution in [2.24, 2.45) is 0 Å². The van der Waals surface area contributed by atoms with Crippen molar-refractivity contribution in [2.45, 2.75) is 64.9 Å². The Labute approximate surface area is 166 Å². The van der Waals surface area contributed by atoms with Gasteiger partial charge in [-0.3, -0.25) is 0 Å². The molecular weight excluding hydrogens is 356 g/mol. The van der Waals surface area contributed by atoms with Crippen LogP contribution in [0.3, 0.4) is 0 Å². The number of rotatable bonds is 12. The molecule has 1 heterocycles. The summed E-state index contributed by atoms with van der Waals surface area (Å²) in [6.45, 7) is 6.23. The molecule has 1 unspecified atom stereocenters. The van der Waals surface area contributed by atoms with Crippen LogP contribution >= 0.6 is 0 Å². The van der Waals surface area contributed by atoms with Crippen molar-refractivity contribution in [1.82, 2.24) is 9.97 Å². The predicted molar refractivity (Wildman–Crippen MR) is 109 cm³/mol. The highest BCUT2D eigenvalue weighted by Crippen LogP contribution is 2.25. The highest BCUT2D eigenvalue weighted by Gasteiger charge is 2.33. The zero-order valence-corrected chi connectivity index (χ0v) is 17.0. The summed E-state index contributed by atoms with van der Waals surface area (Å²) in [5, 5.41) is 9.31. The molecule has 0 bridgehead atoms. The maximum Gasteiger partial charge on any atom is 0.347 e. The Kier molecular flexibility index (Phi) is 8.23. The van der Waals surface area contributed by atoms with Gasteiger partial charge in [-0.1, -0.05) is 39.5 Å². The van der Waals surface area contributed by atoms with Gasteiger partial charge >= 0.3 is 5.97 Å². The first-order valence-corrected chi connectivity index (χ1v) is 9.96. The molecule has 152 valence electrons. The lowest BCUT2D eigenvalue weighted by Crippen LogP contribution is -2.40. The molecule has 6 nitrogen and oxygen atoms in total. The van der Waals surface area contributed by atoms with Crippen molar-refractivity contribution < 1.29 is 19.4 Å². The van der Waals surface area contributed by atoms with Crippen LogP contribution in [0.2, 0.25) is 0 Å². The van der Waals surface area contributed by atoms with Gasteiger partial charge in [0.05, 0.1) is 19.0 Å². The van der Waals surface area contributed by atoms with E-state index in [0.29, 0.717) is 30.4 Å². The van der Waals surface area contributed by atoms with Gasteiger partial charge in [0.2, 0.25) is 5.60 Å². The summed E-state index contributed by atoms with van der Waals surface area (Å²) in [6, 6.07) is 7.10. The normalized spacial score (nSPS) is 13.0. The molecule has 1 aromatic carbocycles. The average molecular weight is 386 g/mol. The van der Waals surface area contributed by atoms with E-state index in [-0.39, 0.29) is 0 Å². The fraction of sp³-hybridized carbons (Fsp3) is 0.500. The van der Waals surface area contributed by atoms with Crippen molar-refractivity contribution in [2.75, 3.05) is 6.61 Å². The van der Waals surface area contributed by atoms with E-state index < -0.39 is 11.6 Å². The summed E-state index contributed by atoms with van der Waals surface area (Å²) in [7, 11) is 0. The van der Waals surface area contributed by atoms with E-state index in [0.717, 1.165) is 12.0 Å². The molecule has 0 fully saturated rings. The first-order chi connectivity index (χ1) is 13.5. The van der Waals surface area contributed by atoms with E-state index in [4.69, 9.17) is 9.47 Å². The summed E-state index contributed by atoms with van der Waals surface area (Å²) in [4.78, 5) is 20.1. The van der Waals surface area contributed by atoms with Crippen molar-refractivity contribution in [3.63, 3.8) is 0 Å². The summed E-state index contributed by atoms with van der Waals surface area (Å²) in [5.74, 6) is 0.764. The zero-order chi connectivity index (χ0) is 20.4. The molecule has 0 saturated heterocycles. The van der Waals surface area contributed by atoms with E-state index in [2.05, 4.69) is 16.9 Å². The molecule has 28 heavy (non-hydrogen) atoms. The first-order valence-electron chi connectivity index (χ1n) is 9.96. The van der Waals surface area contributed by atoms with Crippen molar-refractivity contribution in [1.29, 1.82) is 0 Å². The summed E-state index contributed by atoms with van der Waals surface area (Å²) < 4.78 is 11.3. The van der Waals surface area contributed by atoms with Gasteiger partial charge in [0.1, 0.15) is 5.75 Å². The number of ether oxygens (including phenoxy) is 2. The van der Waals surface area contributed by atoms with E-state index in [9.17, 15) is 9.90 Å². The average Bonchev–Trinajstić information content (AvgIpc) is 2.71. The number of carboxylic acids is 1. The SMILES string of the molecule is CCCCCCCOc1cnc(-c2ccc(OC(C)(CC)C(=O)O)cc2)nc1. The summed E-state index contributed by atoms with van der Waals surface area (Å²) >= 11 is 0. The number of carbonyl (C=O) groups is 1. The van der Waals surface area contributed by atoms with Crippen LogP contribution in [0, 0.1) is 0 Å². The largest absolute Gasteiger partial charge is 0.490 e. The number of nitrogens with zero attached hydrogens (tertiary/aromatic N) is 2. The van der Waals surface area contributed by atoms with Crippen LogP contribution in [0.1, 0.15) is 59.3 Å². The van der Waals surface area contributed by atoms with Gasteiger partial charge < -0.3 is 14.6 Å². The zero-order valence-electron chi connectivity index (χ0n) is 17.0. The van der Waals surface area contributed by atoms with Crippen LogP contribution < -0.4 is 9.47 Å². The maximum atomic E-state index is 11.4. The smallest absolute Gasteiger partial charge is 0.347 e. The van der Waals surface area contributed by atoms with E-state index in [1.165, 1.54) is 25.7 Å². The number of aromatic nitrogens is 2. The molecule has 0 aliphatic rings. The van der Waals surface area contributed by atoms with Gasteiger partial charge in [-0.05, 0) is 44.0 Å². The molecule has 0 aliphatic carbocycles. The maximum absolute atomic E-state index is 11.4. The van der Waals surface area contributed by atoms with Gasteiger partial charge in [0, 0.05) is 5.56 Å². The van der Waals surface area contributed by atoms with Gasteiger partial charge in [-0.25, -0.2) is 14.8 Å². The second kappa shape index (κ2) is 10.6. The second-order valence-electron chi connectivity index (χ2n) is 7.02. The Morgan fingerprint density at radius 3 is 2.21 bits per heavy atom. The molecule has 2 aromatic rings. The van der Waals surface area contributed by atoms with Crippen LogP contribution in [0.4, 0.5) is 0 Å². The third-order valence-electron chi connectivity index (χ3n) is 4.73. The molecule has 0 radical (unpaired) electrons. The van der Waals surface area contributed by atoms with Crippen LogP contribution in [0.25, 0.3) is 11.4 Å². The van der Waals surface area contributed by atoms with Crippen molar-refractivity contribution in [3.05, 3.63) is 36.7 Å². The predicted octanol–water partition coefficient (Wildman–Crippen LogP) is 5.12. The molecule has 6 heteroatoms. The molecule has 0 saturated carbocycles. The minimum Gasteiger partial charge on any atom is -0.490 e. The molecule has 1 N–H and O–H groups in total. The lowest BCUT2D eigenvalue weighted by atomic mass is 10.0. The molecule has 1 aromatic heterocycles. The Morgan fingerprint density at radius 2 is 1.64 bits per heavy atom. The summed E-state index contributed by atoms with van der Waals surface area (Å²) in [5.41, 5.74) is -0.417. The van der Waals surface area contributed by atoms with Gasteiger partial charge in [0.25, 0.3) is 0 Å². The molecule has 0 spiro atoms. The summed E-state index contributed by atoms with van der Waals surface area (Å²) in [6.07, 6.45) is 9.70. The Morgan fingerprint density at radius 1 is 1.00 bits per heavy atom. The molecule has 1 atom stereocenters.